The lowest BCUT2D eigenvalue weighted by Gasteiger charge is -2.06. The molecule has 1 heterocycles. The Kier molecular flexibility index (Phi) is 5.26. The van der Waals surface area contributed by atoms with Gasteiger partial charge in [-0.25, -0.2) is 4.39 Å². The summed E-state index contributed by atoms with van der Waals surface area (Å²) in [4.78, 5) is 16.6. The Morgan fingerprint density at radius 1 is 1.15 bits per heavy atom. The summed E-state index contributed by atoms with van der Waals surface area (Å²) < 4.78 is 19.4. The molecule has 0 aliphatic carbocycles. The Labute approximate surface area is 150 Å². The molecule has 26 heavy (non-hydrogen) atoms. The van der Waals surface area contributed by atoms with Crippen molar-refractivity contribution in [3.05, 3.63) is 59.9 Å². The minimum Gasteiger partial charge on any atom is -0.497 e. The molecule has 0 amide bonds. The van der Waals surface area contributed by atoms with Gasteiger partial charge >= 0.3 is 0 Å². The molecule has 0 aliphatic heterocycles. The van der Waals surface area contributed by atoms with Crippen molar-refractivity contribution in [2.75, 3.05) is 12.4 Å². The number of carbonyl (C=O) groups is 1. The number of nitrogens with one attached hydrogen (secondary N) is 1. The van der Waals surface area contributed by atoms with Crippen LogP contribution in [0.2, 0.25) is 0 Å². The molecule has 0 atom stereocenters. The first-order chi connectivity index (χ1) is 12.6. The van der Waals surface area contributed by atoms with E-state index in [-0.39, 0.29) is 11.7 Å². The van der Waals surface area contributed by atoms with Gasteiger partial charge in [-0.1, -0.05) is 19.1 Å². The predicted octanol–water partition coefficient (Wildman–Crippen LogP) is 3.76. The molecule has 1 N–H and O–H groups in total. The van der Waals surface area contributed by atoms with E-state index < -0.39 is 0 Å². The molecule has 6 nitrogen and oxygen atoms in total. The van der Waals surface area contributed by atoms with Gasteiger partial charge in [0, 0.05) is 18.5 Å². The van der Waals surface area contributed by atoms with Crippen LogP contribution in [0, 0.1) is 5.82 Å². The number of methoxy groups -OCH3 is 1. The molecule has 3 aromatic rings. The van der Waals surface area contributed by atoms with Gasteiger partial charge in [0.1, 0.15) is 11.6 Å². The molecule has 7 heteroatoms. The maximum absolute atomic E-state index is 13.0. The first-order valence-electron chi connectivity index (χ1n) is 8.23. The summed E-state index contributed by atoms with van der Waals surface area (Å²) >= 11 is 0. The monoisotopic (exact) mass is 354 g/mol. The number of hydrogen-bond donors (Lipinski definition) is 1. The van der Waals surface area contributed by atoms with Crippen molar-refractivity contribution in [1.82, 2.24) is 14.8 Å². The Morgan fingerprint density at radius 3 is 2.46 bits per heavy atom. The van der Waals surface area contributed by atoms with Gasteiger partial charge in [0.25, 0.3) is 0 Å². The van der Waals surface area contributed by atoms with Crippen LogP contribution in [0.15, 0.2) is 48.5 Å². The number of aromatic nitrogens is 3. The standard InChI is InChI=1S/C19H19FN4O2/c1-3-17(25)24-19(21-12-13-4-8-15(20)9-5-13)22-18(23-24)14-6-10-16(26-2)11-7-14/h4-11H,3,12H2,1-2H3,(H,21,22,23). The van der Waals surface area contributed by atoms with Gasteiger partial charge < -0.3 is 10.1 Å². The highest BCUT2D eigenvalue weighted by molar-refractivity contribution is 5.81. The van der Waals surface area contributed by atoms with E-state index in [1.54, 1.807) is 26.2 Å². The van der Waals surface area contributed by atoms with Gasteiger partial charge in [-0.2, -0.15) is 9.67 Å². The van der Waals surface area contributed by atoms with E-state index in [9.17, 15) is 9.18 Å². The van der Waals surface area contributed by atoms with Crippen LogP contribution in [-0.4, -0.2) is 27.8 Å². The predicted molar refractivity (Wildman–Crippen MR) is 96.7 cm³/mol. The summed E-state index contributed by atoms with van der Waals surface area (Å²) in [5.74, 6) is 1.06. The number of ether oxygens (including phenoxy) is 1. The maximum atomic E-state index is 13.0. The fourth-order valence-corrected chi connectivity index (χ4v) is 2.40. The lowest BCUT2D eigenvalue weighted by molar-refractivity contribution is 0.0895. The number of anilines is 1. The fourth-order valence-electron chi connectivity index (χ4n) is 2.40. The number of benzene rings is 2. The molecule has 0 aliphatic rings. The summed E-state index contributed by atoms with van der Waals surface area (Å²) in [7, 11) is 1.60. The topological polar surface area (TPSA) is 69.0 Å². The van der Waals surface area contributed by atoms with Crippen molar-refractivity contribution in [2.45, 2.75) is 19.9 Å². The second-order valence-corrected chi connectivity index (χ2v) is 5.63. The number of nitrogens with zero attached hydrogens (tertiary/aromatic N) is 3. The van der Waals surface area contributed by atoms with Crippen LogP contribution in [0.5, 0.6) is 5.75 Å². The second-order valence-electron chi connectivity index (χ2n) is 5.63. The van der Waals surface area contributed by atoms with Crippen LogP contribution in [-0.2, 0) is 6.54 Å². The molecular weight excluding hydrogens is 335 g/mol. The van der Waals surface area contributed by atoms with Crippen LogP contribution in [0.3, 0.4) is 0 Å². The largest absolute Gasteiger partial charge is 0.497 e. The van der Waals surface area contributed by atoms with E-state index in [0.29, 0.717) is 24.7 Å². The smallest absolute Gasteiger partial charge is 0.249 e. The van der Waals surface area contributed by atoms with Crippen LogP contribution in [0.1, 0.15) is 23.7 Å². The van der Waals surface area contributed by atoms with Crippen LogP contribution in [0.25, 0.3) is 11.4 Å². The molecule has 0 unspecified atom stereocenters. The number of carbonyl (C=O) groups excluding carboxylic acids is 1. The van der Waals surface area contributed by atoms with Crippen molar-refractivity contribution in [3.8, 4) is 17.1 Å². The van der Waals surface area contributed by atoms with E-state index in [1.807, 2.05) is 24.3 Å². The number of hydrogen-bond acceptors (Lipinski definition) is 5. The van der Waals surface area contributed by atoms with Gasteiger partial charge in [0.05, 0.1) is 7.11 Å². The first-order valence-corrected chi connectivity index (χ1v) is 8.23. The molecule has 3 rings (SSSR count). The summed E-state index contributed by atoms with van der Waals surface area (Å²) in [5.41, 5.74) is 1.65. The lowest BCUT2D eigenvalue weighted by atomic mass is 10.2. The Bertz CT molecular complexity index is 889. The van der Waals surface area contributed by atoms with Crippen molar-refractivity contribution in [1.29, 1.82) is 0 Å². The zero-order chi connectivity index (χ0) is 18.5. The fraction of sp³-hybridized carbons (Fsp3) is 0.211. The Balaban J connectivity index is 1.86. The molecule has 0 saturated carbocycles. The molecule has 0 spiro atoms. The number of rotatable bonds is 6. The zero-order valence-electron chi connectivity index (χ0n) is 14.6. The van der Waals surface area contributed by atoms with Gasteiger partial charge in [-0.15, -0.1) is 5.10 Å². The van der Waals surface area contributed by atoms with Crippen molar-refractivity contribution in [3.63, 3.8) is 0 Å². The van der Waals surface area contributed by atoms with E-state index in [4.69, 9.17) is 4.74 Å². The average Bonchev–Trinajstić information content (AvgIpc) is 3.11. The first kappa shape index (κ1) is 17.6. The third-order valence-corrected chi connectivity index (χ3v) is 3.86. The highest BCUT2D eigenvalue weighted by Gasteiger charge is 2.16. The molecule has 0 saturated heterocycles. The quantitative estimate of drug-likeness (QED) is 0.730. The van der Waals surface area contributed by atoms with Crippen LogP contribution in [0.4, 0.5) is 10.3 Å². The SMILES string of the molecule is CCC(=O)n1nc(-c2ccc(OC)cc2)nc1NCc1ccc(F)cc1. The second kappa shape index (κ2) is 7.77. The minimum absolute atomic E-state index is 0.168. The van der Waals surface area contributed by atoms with Gasteiger partial charge in [0.2, 0.25) is 11.9 Å². The van der Waals surface area contributed by atoms with E-state index in [2.05, 4.69) is 15.4 Å². The van der Waals surface area contributed by atoms with Gasteiger partial charge in [-0.3, -0.25) is 4.79 Å². The molecule has 2 aromatic carbocycles. The summed E-state index contributed by atoms with van der Waals surface area (Å²) in [6, 6.07) is 13.4. The third-order valence-electron chi connectivity index (χ3n) is 3.86. The highest BCUT2D eigenvalue weighted by atomic mass is 19.1. The van der Waals surface area contributed by atoms with E-state index in [1.165, 1.54) is 16.8 Å². The highest BCUT2D eigenvalue weighted by Crippen LogP contribution is 2.21. The van der Waals surface area contributed by atoms with Crippen LogP contribution >= 0.6 is 0 Å². The third kappa shape index (κ3) is 3.88. The molecule has 134 valence electrons. The van der Waals surface area contributed by atoms with Crippen molar-refractivity contribution in [2.24, 2.45) is 0 Å². The summed E-state index contributed by atoms with van der Waals surface area (Å²) in [5, 5.41) is 7.42. The molecule has 0 radical (unpaired) electrons. The minimum atomic E-state index is -0.292. The maximum Gasteiger partial charge on any atom is 0.249 e. The Morgan fingerprint density at radius 2 is 1.85 bits per heavy atom. The molecule has 1 aromatic heterocycles. The molecular formula is C19H19FN4O2. The Hall–Kier alpha value is -3.22. The zero-order valence-corrected chi connectivity index (χ0v) is 14.6. The summed E-state index contributed by atoms with van der Waals surface area (Å²) in [6.45, 7) is 2.17. The van der Waals surface area contributed by atoms with Gasteiger partial charge in [-0.05, 0) is 42.0 Å². The van der Waals surface area contributed by atoms with Crippen molar-refractivity contribution < 1.29 is 13.9 Å². The van der Waals surface area contributed by atoms with Gasteiger partial charge in [0.15, 0.2) is 5.82 Å². The number of halogens is 1. The van der Waals surface area contributed by atoms with Crippen molar-refractivity contribution >= 4 is 11.9 Å². The summed E-state index contributed by atoms with van der Waals surface area (Å²) in [6.07, 6.45) is 0.302. The van der Waals surface area contributed by atoms with Crippen LogP contribution < -0.4 is 10.1 Å². The lowest BCUT2D eigenvalue weighted by Crippen LogP contribution is -2.15. The van der Waals surface area contributed by atoms with E-state index >= 15 is 0 Å². The molecule has 0 bridgehead atoms. The van der Waals surface area contributed by atoms with E-state index in [0.717, 1.165) is 16.9 Å². The average molecular weight is 354 g/mol. The molecule has 0 fully saturated rings. The normalized spacial score (nSPS) is 10.6.